The predicted octanol–water partition coefficient (Wildman–Crippen LogP) is 0.520. The molecule has 1 N–H and O–H groups in total. The van der Waals surface area contributed by atoms with Crippen LogP contribution in [0.2, 0.25) is 0 Å². The van der Waals surface area contributed by atoms with E-state index in [4.69, 9.17) is 5.11 Å². The van der Waals surface area contributed by atoms with E-state index in [1.165, 1.54) is 7.05 Å². The van der Waals surface area contributed by atoms with Crippen molar-refractivity contribution in [2.24, 2.45) is 11.8 Å². The van der Waals surface area contributed by atoms with E-state index in [1.807, 2.05) is 0 Å². The van der Waals surface area contributed by atoms with Crippen molar-refractivity contribution >= 4 is 16.2 Å². The Hall–Kier alpha value is -0.870. The first-order chi connectivity index (χ1) is 9.05. The second-order valence-electron chi connectivity index (χ2n) is 5.16. The van der Waals surface area contributed by atoms with Crippen LogP contribution < -0.4 is 0 Å². The number of carboxylic acid groups (broad SMARTS) is 1. The summed E-state index contributed by atoms with van der Waals surface area (Å²) in [5, 5.41) is 8.86. The zero-order valence-electron chi connectivity index (χ0n) is 10.7. The van der Waals surface area contributed by atoms with Gasteiger partial charge in [-0.25, -0.2) is 0 Å². The Morgan fingerprint density at radius 2 is 1.85 bits per heavy atom. The van der Waals surface area contributed by atoms with Crippen molar-refractivity contribution in [1.82, 2.24) is 8.61 Å². The summed E-state index contributed by atoms with van der Waals surface area (Å²) < 4.78 is 64.4. The van der Waals surface area contributed by atoms with Gasteiger partial charge in [-0.05, 0) is 12.8 Å². The lowest BCUT2D eigenvalue weighted by Crippen LogP contribution is -2.42. The molecule has 10 heteroatoms. The van der Waals surface area contributed by atoms with E-state index in [1.54, 1.807) is 0 Å². The van der Waals surface area contributed by atoms with E-state index >= 15 is 0 Å². The van der Waals surface area contributed by atoms with E-state index < -0.39 is 47.3 Å². The molecule has 0 aromatic carbocycles. The molecule has 2 atom stereocenters. The first-order valence-electron chi connectivity index (χ1n) is 6.07. The third-order valence-electron chi connectivity index (χ3n) is 3.78. The van der Waals surface area contributed by atoms with Gasteiger partial charge in [-0.1, -0.05) is 0 Å². The van der Waals surface area contributed by atoms with Crippen LogP contribution in [-0.2, 0) is 15.0 Å². The van der Waals surface area contributed by atoms with Crippen molar-refractivity contribution in [2.75, 3.05) is 20.1 Å². The van der Waals surface area contributed by atoms with Crippen molar-refractivity contribution in [1.29, 1.82) is 0 Å². The Bertz CT molecular complexity index is 503. The highest BCUT2D eigenvalue weighted by atomic mass is 32.2. The smallest absolute Gasteiger partial charge is 0.393 e. The van der Waals surface area contributed by atoms with Crippen LogP contribution in [0, 0.1) is 11.8 Å². The summed E-state index contributed by atoms with van der Waals surface area (Å²) in [5.74, 6) is -5.54. The largest absolute Gasteiger partial charge is 0.481 e. The molecule has 0 amide bonds. The number of rotatable bonds is 4. The standard InChI is InChI=1S/C10H15F3N2O4S/c1-14(6-2-3-6)20(18,19)15-4-7(9(16)17)8(5-15)10(11,12)13/h6-8H,2-5H2,1H3,(H,16,17)/t7-,8-/m0/s1. The number of hydrogen-bond acceptors (Lipinski definition) is 3. The van der Waals surface area contributed by atoms with Crippen molar-refractivity contribution in [3.05, 3.63) is 0 Å². The molecule has 20 heavy (non-hydrogen) atoms. The van der Waals surface area contributed by atoms with Crippen LogP contribution in [-0.4, -0.2) is 60.5 Å². The van der Waals surface area contributed by atoms with E-state index in [0.29, 0.717) is 17.1 Å². The first kappa shape index (κ1) is 15.5. The van der Waals surface area contributed by atoms with Gasteiger partial charge in [-0.15, -0.1) is 0 Å². The highest BCUT2D eigenvalue weighted by Gasteiger charge is 2.55. The van der Waals surface area contributed by atoms with Gasteiger partial charge in [0.2, 0.25) is 0 Å². The minimum Gasteiger partial charge on any atom is -0.481 e. The van der Waals surface area contributed by atoms with Gasteiger partial charge in [-0.3, -0.25) is 4.79 Å². The fraction of sp³-hybridized carbons (Fsp3) is 0.900. The Labute approximate surface area is 114 Å². The molecule has 1 heterocycles. The molecule has 0 radical (unpaired) electrons. The first-order valence-corrected chi connectivity index (χ1v) is 7.47. The van der Waals surface area contributed by atoms with E-state index in [9.17, 15) is 26.4 Å². The lowest BCUT2D eigenvalue weighted by Gasteiger charge is -2.24. The molecule has 1 aliphatic carbocycles. The van der Waals surface area contributed by atoms with Gasteiger partial charge in [0.1, 0.15) is 0 Å². The maximum absolute atomic E-state index is 12.8. The Balaban J connectivity index is 2.21. The minimum atomic E-state index is -4.73. The van der Waals surface area contributed by atoms with Crippen LogP contribution in [0.5, 0.6) is 0 Å². The van der Waals surface area contributed by atoms with Crippen molar-refractivity contribution in [3.63, 3.8) is 0 Å². The Morgan fingerprint density at radius 3 is 2.20 bits per heavy atom. The van der Waals surface area contributed by atoms with Gasteiger partial charge in [0.05, 0.1) is 11.8 Å². The third-order valence-corrected chi connectivity index (χ3v) is 5.75. The summed E-state index contributed by atoms with van der Waals surface area (Å²) >= 11 is 0. The summed E-state index contributed by atoms with van der Waals surface area (Å²) in [6.07, 6.45) is -3.38. The van der Waals surface area contributed by atoms with Crippen molar-refractivity contribution < 1.29 is 31.5 Å². The Morgan fingerprint density at radius 1 is 1.30 bits per heavy atom. The number of carboxylic acids is 1. The fourth-order valence-electron chi connectivity index (χ4n) is 2.35. The van der Waals surface area contributed by atoms with E-state index in [2.05, 4.69) is 0 Å². The molecule has 0 aromatic heterocycles. The average molecular weight is 316 g/mol. The molecule has 1 saturated heterocycles. The molecule has 0 spiro atoms. The molecule has 1 aliphatic heterocycles. The highest BCUT2D eigenvalue weighted by molar-refractivity contribution is 7.86. The predicted molar refractivity (Wildman–Crippen MR) is 61.9 cm³/mol. The van der Waals surface area contributed by atoms with Crippen LogP contribution >= 0.6 is 0 Å². The second-order valence-corrected chi connectivity index (χ2v) is 7.15. The van der Waals surface area contributed by atoms with Gasteiger partial charge < -0.3 is 5.11 Å². The summed E-state index contributed by atoms with van der Waals surface area (Å²) in [7, 11) is -2.72. The van der Waals surface area contributed by atoms with Gasteiger partial charge >= 0.3 is 12.1 Å². The highest BCUT2D eigenvalue weighted by Crippen LogP contribution is 2.40. The average Bonchev–Trinajstić information content (AvgIpc) is 3.02. The number of halogens is 3. The molecule has 2 fully saturated rings. The molecule has 0 aromatic rings. The van der Waals surface area contributed by atoms with Crippen LogP contribution in [0.3, 0.4) is 0 Å². The second kappa shape index (κ2) is 4.85. The Kier molecular flexibility index (Phi) is 3.76. The van der Waals surface area contributed by atoms with Gasteiger partial charge in [0.25, 0.3) is 10.2 Å². The van der Waals surface area contributed by atoms with Gasteiger partial charge in [0.15, 0.2) is 0 Å². The zero-order chi connectivity index (χ0) is 15.3. The van der Waals surface area contributed by atoms with E-state index in [-0.39, 0.29) is 6.04 Å². The number of alkyl halides is 3. The number of hydrogen-bond donors (Lipinski definition) is 1. The van der Waals surface area contributed by atoms with Gasteiger partial charge in [0, 0.05) is 26.2 Å². The molecule has 116 valence electrons. The summed E-state index contributed by atoms with van der Waals surface area (Å²) in [5.41, 5.74) is 0. The van der Waals surface area contributed by atoms with Crippen LogP contribution in [0.25, 0.3) is 0 Å². The normalized spacial score (nSPS) is 29.1. The third kappa shape index (κ3) is 2.77. The lowest BCUT2D eigenvalue weighted by atomic mass is 9.96. The minimum absolute atomic E-state index is 0.187. The number of aliphatic carboxylic acids is 1. The monoisotopic (exact) mass is 316 g/mol. The molecule has 0 bridgehead atoms. The number of carbonyl (C=O) groups is 1. The molecule has 0 unspecified atom stereocenters. The topological polar surface area (TPSA) is 77.9 Å². The molecule has 6 nitrogen and oxygen atoms in total. The van der Waals surface area contributed by atoms with Gasteiger partial charge in [-0.2, -0.15) is 30.2 Å². The van der Waals surface area contributed by atoms with Crippen molar-refractivity contribution in [2.45, 2.75) is 25.1 Å². The zero-order valence-corrected chi connectivity index (χ0v) is 11.5. The maximum atomic E-state index is 12.8. The lowest BCUT2D eigenvalue weighted by molar-refractivity contribution is -0.187. The SMILES string of the molecule is CN(C1CC1)S(=O)(=O)N1C[C@H](C(=O)O)[C@@H](C(F)(F)F)C1. The van der Waals surface area contributed by atoms with Crippen molar-refractivity contribution in [3.8, 4) is 0 Å². The molecule has 2 rings (SSSR count). The summed E-state index contributed by atoms with van der Waals surface area (Å²) in [6, 6.07) is -0.187. The quantitative estimate of drug-likeness (QED) is 0.820. The van der Waals surface area contributed by atoms with Crippen LogP contribution in [0.4, 0.5) is 13.2 Å². The van der Waals surface area contributed by atoms with E-state index in [0.717, 1.165) is 4.31 Å². The molecule has 1 saturated carbocycles. The molecule has 2 aliphatic rings. The molecular formula is C10H15F3N2O4S. The van der Waals surface area contributed by atoms with Crippen LogP contribution in [0.15, 0.2) is 0 Å². The fourth-order valence-corrected chi connectivity index (χ4v) is 4.00. The summed E-state index contributed by atoms with van der Waals surface area (Å²) in [4.78, 5) is 10.9. The number of nitrogens with zero attached hydrogens (tertiary/aromatic N) is 2. The summed E-state index contributed by atoms with van der Waals surface area (Å²) in [6.45, 7) is -1.47. The maximum Gasteiger partial charge on any atom is 0.393 e. The van der Waals surface area contributed by atoms with Crippen LogP contribution in [0.1, 0.15) is 12.8 Å². The molecular weight excluding hydrogens is 301 g/mol.